The van der Waals surface area contributed by atoms with E-state index in [0.29, 0.717) is 0 Å². The molecule has 24 rings (SSSR count). The van der Waals surface area contributed by atoms with Gasteiger partial charge in [0.25, 0.3) is 0 Å². The third kappa shape index (κ3) is 16.1. The highest BCUT2D eigenvalue weighted by Crippen LogP contribution is 2.52. The zero-order valence-electron chi connectivity index (χ0n) is 80.2. The number of hydrogen-bond acceptors (Lipinski definition) is 1. The van der Waals surface area contributed by atoms with Crippen LogP contribution in [0, 0.1) is 6.92 Å². The van der Waals surface area contributed by atoms with Crippen molar-refractivity contribution in [3.63, 3.8) is 0 Å². The van der Waals surface area contributed by atoms with E-state index in [9.17, 15) is 0 Å². The zero-order chi connectivity index (χ0) is 90.6. The maximum atomic E-state index is 5.48. The van der Waals surface area contributed by atoms with E-state index in [1.807, 2.05) is 0 Å². The van der Waals surface area contributed by atoms with Crippen LogP contribution in [0.3, 0.4) is 0 Å². The number of aromatic nitrogens is 6. The third-order valence-electron chi connectivity index (χ3n) is 27.6. The molecule has 12 aromatic carbocycles. The van der Waals surface area contributed by atoms with Crippen LogP contribution < -0.4 is 4.74 Å². The summed E-state index contributed by atoms with van der Waals surface area (Å²) >= 11 is 3.58. The number of para-hydroxylation sites is 1. The summed E-state index contributed by atoms with van der Waals surface area (Å²) in [6.07, 6.45) is 9.98. The maximum absolute atomic E-state index is 5.48. The number of methoxy groups -OCH3 is 1. The minimum atomic E-state index is -1.49. The number of fused-ring (bicyclic) bond motifs is 30. The first-order chi connectivity index (χ1) is 61.4. The molecule has 0 saturated heterocycles. The molecule has 0 radical (unpaired) electrons. The molecule has 6 aliphatic carbocycles. The van der Waals surface area contributed by atoms with Gasteiger partial charge in [-0.2, -0.15) is 0 Å². The molecule has 0 spiro atoms. The highest BCUT2D eigenvalue weighted by atomic mass is 79.9. The van der Waals surface area contributed by atoms with Crippen LogP contribution in [0.4, 0.5) is 0 Å². The lowest BCUT2D eigenvalue weighted by molar-refractivity contribution is 0.415. The predicted octanol–water partition coefficient (Wildman–Crippen LogP) is 31.3. The fourth-order valence-electron chi connectivity index (χ4n) is 21.9. The van der Waals surface area contributed by atoms with Gasteiger partial charge in [-0.1, -0.05) is 324 Å². The number of ether oxygens (including phenoxy) is 1. The first kappa shape index (κ1) is 87.4. The summed E-state index contributed by atoms with van der Waals surface area (Å²) < 4.78 is 21.8. The van der Waals surface area contributed by atoms with Crippen molar-refractivity contribution >= 4 is 114 Å². The van der Waals surface area contributed by atoms with Gasteiger partial charge < -0.3 is 31.8 Å². The van der Waals surface area contributed by atoms with Gasteiger partial charge in [-0.25, -0.2) is 0 Å². The SMILES string of the molecule is CC(C)(C)c1ccc2c(c1)c1c(n2[Si](C)(C)C)Cc2ccccc2-1.COc1ccc2c(c1)c1c(n2C[Si](C)(C)C)Cc2ccccc2-1.C[Si](C)(C)Cn1c2c(c3ccccc31)-c1ccccc1C2.Cc1ccc2c(c1)c1c(n2C[Si](C)(C)C)Cc2ccccc2-1.Cn1c2c(c3cc(Br)ccc31)-c1ccccc1C2.Cn1c2c(c3cc(C(C)(C)C)ccc31)-c1ccccc1C2. The van der Waals surface area contributed by atoms with Gasteiger partial charge in [-0.05, 0) is 175 Å². The Kier molecular flexibility index (Phi) is 22.2. The standard InChI is InChI=1S/C22H27NSi.C20H23NOSi.C20H23NSi.C20H21N.C19H21NSi.C16H12BrN/c1-22(2,3)16-11-12-19-18(14-16)21-17-10-8-7-9-15(17)13-20(21)23(19)24(4,5)6;1-22-15-9-10-18-17(12-15)20-16-8-6-5-7-14(16)11-19(20)21(18)13-23(2,3)4;1-14-9-10-18-17(11-14)20-16-8-6-5-7-15(16)12-19(20)21(18)13-22(2,3)4;1-20(2,3)14-9-10-17-16(12-14)19-15-8-6-5-7-13(15)11-18(19)21(17)4;1-21(2,3)13-20-17-11-7-6-10-16(17)19-15-9-5-4-8-14(15)12-18(19)20;1-18-14-7-6-11(17)9-13(14)16-12-5-3-2-4-10(12)8-15(16)18/h7-12,14H,13H2,1-6H3;5-10,12H,11,13H2,1-4H3;5-11H,12-13H2,1-4H3;5-10,12H,11H2,1-4H3;4-11H,12-13H2,1-3H3;2-7,9H,8H2,1H3. The molecule has 0 bridgehead atoms. The van der Waals surface area contributed by atoms with Gasteiger partial charge in [0.1, 0.15) is 5.75 Å². The molecule has 129 heavy (non-hydrogen) atoms. The summed E-state index contributed by atoms with van der Waals surface area (Å²) in [4.78, 5) is 0. The lowest BCUT2D eigenvalue weighted by Gasteiger charge is -2.24. The fraction of sp³-hybridized carbons (Fsp3) is 0.282. The molecule has 6 heterocycles. The number of rotatable bonds is 8. The Labute approximate surface area is 777 Å². The first-order valence-electron chi connectivity index (χ1n) is 46.8. The highest BCUT2D eigenvalue weighted by Gasteiger charge is 2.37. The summed E-state index contributed by atoms with van der Waals surface area (Å²) in [6.45, 7) is 45.4. The molecule has 654 valence electrons. The van der Waals surface area contributed by atoms with Gasteiger partial charge >= 0.3 is 0 Å². The molecular weight excluding hydrogens is 1700 g/mol. The van der Waals surface area contributed by atoms with E-state index in [1.54, 1.807) is 7.11 Å². The van der Waals surface area contributed by atoms with Crippen LogP contribution >= 0.6 is 15.9 Å². The number of halogens is 1. The van der Waals surface area contributed by atoms with Crippen LogP contribution in [-0.2, 0) is 82.0 Å². The zero-order valence-corrected chi connectivity index (χ0v) is 85.7. The second-order valence-electron chi connectivity index (χ2n) is 44.0. The van der Waals surface area contributed by atoms with Gasteiger partial charge in [-0.3, -0.25) is 0 Å². The topological polar surface area (TPSA) is 38.8 Å². The third-order valence-corrected chi connectivity index (χ3v) is 33.8. The van der Waals surface area contributed by atoms with E-state index in [-0.39, 0.29) is 10.8 Å². The molecule has 6 aromatic heterocycles. The molecule has 0 fully saturated rings. The van der Waals surface area contributed by atoms with Gasteiger partial charge in [0, 0.05) is 209 Å². The lowest BCUT2D eigenvalue weighted by atomic mass is 9.86. The Hall–Kier alpha value is -11.0. The fourth-order valence-corrected chi connectivity index (χ4v) is 28.1. The summed E-state index contributed by atoms with van der Waals surface area (Å²) in [6, 6.07) is 96.2. The Bertz CT molecular complexity index is 7500. The Balaban J connectivity index is 0.000000101. The second-order valence-corrected chi connectivity index (χ2v) is 66.1. The molecular formula is C117H127BrN6OSi4. The van der Waals surface area contributed by atoms with Crippen molar-refractivity contribution < 1.29 is 4.74 Å². The van der Waals surface area contributed by atoms with Crippen molar-refractivity contribution in [3.8, 4) is 72.5 Å². The smallest absolute Gasteiger partial charge is 0.153 e. The summed E-state index contributed by atoms with van der Waals surface area (Å²) in [5.41, 5.74) is 48.0. The minimum absolute atomic E-state index is 0.181. The minimum Gasteiger partial charge on any atom is -0.497 e. The molecule has 12 heteroatoms. The number of hydrogen-bond donors (Lipinski definition) is 0. The Morgan fingerprint density at radius 1 is 0.295 bits per heavy atom. The van der Waals surface area contributed by atoms with E-state index in [0.717, 1.165) is 48.7 Å². The molecule has 0 saturated carbocycles. The van der Waals surface area contributed by atoms with Crippen molar-refractivity contribution in [1.29, 1.82) is 0 Å². The van der Waals surface area contributed by atoms with Crippen LogP contribution in [-0.4, -0.2) is 66.6 Å². The van der Waals surface area contributed by atoms with E-state index >= 15 is 0 Å². The Morgan fingerprint density at radius 2 is 0.589 bits per heavy atom. The monoisotopic (exact) mass is 1820 g/mol. The molecule has 7 nitrogen and oxygen atoms in total. The van der Waals surface area contributed by atoms with Crippen LogP contribution in [0.1, 0.15) is 126 Å². The maximum Gasteiger partial charge on any atom is 0.153 e. The van der Waals surface area contributed by atoms with Crippen LogP contribution in [0.25, 0.3) is 132 Å². The quantitative estimate of drug-likeness (QED) is 0.140. The highest BCUT2D eigenvalue weighted by molar-refractivity contribution is 9.10. The largest absolute Gasteiger partial charge is 0.497 e. The summed E-state index contributed by atoms with van der Waals surface area (Å²) in [7, 11) is 1.07. The van der Waals surface area contributed by atoms with Crippen molar-refractivity contribution in [2.45, 2.75) is 195 Å². The average Bonchev–Trinajstić information content (AvgIpc) is 1.56. The second kappa shape index (κ2) is 32.8. The molecule has 0 unspecified atom stereocenters. The summed E-state index contributed by atoms with van der Waals surface area (Å²) in [5, 5.41) is 8.41. The van der Waals surface area contributed by atoms with E-state index in [2.05, 4.69) is 445 Å². The normalized spacial score (nSPS) is 13.4. The number of aryl methyl sites for hydroxylation is 3. The molecule has 0 atom stereocenters. The number of benzene rings is 12. The van der Waals surface area contributed by atoms with Crippen LogP contribution in [0.15, 0.2) is 265 Å². The summed E-state index contributed by atoms with van der Waals surface area (Å²) in [5.74, 6) is 0.940. The average molecular weight is 1830 g/mol. The van der Waals surface area contributed by atoms with Crippen LogP contribution in [0.5, 0.6) is 5.75 Å². The molecule has 0 N–H and O–H groups in total. The predicted molar refractivity (Wildman–Crippen MR) is 568 cm³/mol. The van der Waals surface area contributed by atoms with E-state index in [1.165, 1.54) is 235 Å². The van der Waals surface area contributed by atoms with Crippen molar-refractivity contribution in [2.24, 2.45) is 14.1 Å². The molecule has 0 amide bonds. The lowest BCUT2D eigenvalue weighted by Crippen LogP contribution is -2.33. The van der Waals surface area contributed by atoms with Gasteiger partial charge in [0.15, 0.2) is 8.24 Å². The van der Waals surface area contributed by atoms with E-state index in [4.69, 9.17) is 4.74 Å². The molecule has 6 aliphatic rings. The van der Waals surface area contributed by atoms with Crippen molar-refractivity contribution in [2.75, 3.05) is 7.11 Å². The van der Waals surface area contributed by atoms with Gasteiger partial charge in [-0.15, -0.1) is 0 Å². The molecule has 18 aromatic rings. The first-order valence-corrected chi connectivity index (χ1v) is 62.2. The van der Waals surface area contributed by atoms with Crippen molar-refractivity contribution in [1.82, 2.24) is 27.1 Å². The van der Waals surface area contributed by atoms with Gasteiger partial charge in [0.2, 0.25) is 0 Å². The van der Waals surface area contributed by atoms with Crippen LogP contribution in [0.2, 0.25) is 78.6 Å². The number of nitrogens with zero attached hydrogens (tertiary/aromatic N) is 6. The van der Waals surface area contributed by atoms with E-state index < -0.39 is 32.5 Å². The molecule has 0 aliphatic heterocycles. The van der Waals surface area contributed by atoms with Crippen molar-refractivity contribution in [3.05, 3.63) is 350 Å². The van der Waals surface area contributed by atoms with Gasteiger partial charge in [0.05, 0.1) is 31.3 Å². The Morgan fingerprint density at radius 3 is 0.984 bits per heavy atom.